The molecule has 21 heavy (non-hydrogen) atoms. The van der Waals surface area contributed by atoms with Crippen LogP contribution in [-0.4, -0.2) is 49.0 Å². The third kappa shape index (κ3) is 7.46. The Balaban J connectivity index is 2.55. The summed E-state index contributed by atoms with van der Waals surface area (Å²) < 4.78 is 10.7. The van der Waals surface area contributed by atoms with E-state index in [1.54, 1.807) is 7.11 Å². The van der Waals surface area contributed by atoms with Crippen LogP contribution in [0.5, 0.6) is 5.75 Å². The van der Waals surface area contributed by atoms with Crippen molar-refractivity contribution in [3.05, 3.63) is 29.8 Å². The molecule has 0 aromatic heterocycles. The number of benzene rings is 1. The maximum Gasteiger partial charge on any atom is 0.119 e. The van der Waals surface area contributed by atoms with Crippen molar-refractivity contribution in [2.24, 2.45) is 0 Å². The van der Waals surface area contributed by atoms with Crippen LogP contribution in [-0.2, 0) is 11.3 Å². The third-order valence-electron chi connectivity index (χ3n) is 3.17. The molecule has 0 radical (unpaired) electrons. The lowest BCUT2D eigenvalue weighted by Gasteiger charge is -2.25. The first-order valence-corrected chi connectivity index (χ1v) is 7.70. The summed E-state index contributed by atoms with van der Waals surface area (Å²) in [5.41, 5.74) is 1.19. The summed E-state index contributed by atoms with van der Waals surface area (Å²) in [6.07, 6.45) is 0.754. The summed E-state index contributed by atoms with van der Waals surface area (Å²) >= 11 is 0. The Kier molecular flexibility index (Phi) is 8.35. The molecular weight excluding hydrogens is 266 g/mol. The highest BCUT2D eigenvalue weighted by Crippen LogP contribution is 2.14. The van der Waals surface area contributed by atoms with E-state index in [2.05, 4.69) is 17.9 Å². The van der Waals surface area contributed by atoms with Gasteiger partial charge in [-0.3, -0.25) is 4.90 Å². The van der Waals surface area contributed by atoms with Crippen molar-refractivity contribution in [3.8, 4) is 5.75 Å². The number of methoxy groups -OCH3 is 1. The fourth-order valence-corrected chi connectivity index (χ4v) is 2.23. The van der Waals surface area contributed by atoms with Gasteiger partial charge >= 0.3 is 0 Å². The maximum atomic E-state index is 10.1. The van der Waals surface area contributed by atoms with Crippen LogP contribution in [0.15, 0.2) is 24.3 Å². The SMILES string of the molecule is CCCN(Cc1cccc(OC)c1)CC(O)COC(C)C. The average Bonchev–Trinajstić information content (AvgIpc) is 2.45. The molecule has 0 aliphatic rings. The third-order valence-corrected chi connectivity index (χ3v) is 3.17. The van der Waals surface area contributed by atoms with Crippen LogP contribution >= 0.6 is 0 Å². The Labute approximate surface area is 128 Å². The molecule has 1 N–H and O–H groups in total. The summed E-state index contributed by atoms with van der Waals surface area (Å²) in [6, 6.07) is 8.07. The van der Waals surface area contributed by atoms with Crippen LogP contribution < -0.4 is 4.74 Å². The molecule has 0 saturated carbocycles. The lowest BCUT2D eigenvalue weighted by molar-refractivity contribution is -0.00950. The highest BCUT2D eigenvalue weighted by Gasteiger charge is 2.13. The first-order chi connectivity index (χ1) is 10.0. The standard InChI is InChI=1S/C17H29NO3/c1-5-9-18(12-16(19)13-21-14(2)3)11-15-7-6-8-17(10-15)20-4/h6-8,10,14,16,19H,5,9,11-13H2,1-4H3. The molecule has 4 nitrogen and oxygen atoms in total. The first-order valence-electron chi connectivity index (χ1n) is 7.70. The summed E-state index contributed by atoms with van der Waals surface area (Å²) in [5, 5.41) is 10.1. The van der Waals surface area contributed by atoms with E-state index in [1.165, 1.54) is 5.56 Å². The zero-order valence-corrected chi connectivity index (χ0v) is 13.7. The van der Waals surface area contributed by atoms with Crippen LogP contribution in [0.4, 0.5) is 0 Å². The highest BCUT2D eigenvalue weighted by atomic mass is 16.5. The molecular formula is C17H29NO3. The van der Waals surface area contributed by atoms with Crippen molar-refractivity contribution >= 4 is 0 Å². The highest BCUT2D eigenvalue weighted by molar-refractivity contribution is 5.28. The molecule has 0 amide bonds. The second kappa shape index (κ2) is 9.77. The monoisotopic (exact) mass is 295 g/mol. The van der Waals surface area contributed by atoms with Crippen molar-refractivity contribution in [1.82, 2.24) is 4.90 Å². The van der Waals surface area contributed by atoms with Crippen molar-refractivity contribution in [1.29, 1.82) is 0 Å². The fourth-order valence-electron chi connectivity index (χ4n) is 2.23. The van der Waals surface area contributed by atoms with E-state index in [0.29, 0.717) is 13.2 Å². The number of ether oxygens (including phenoxy) is 2. The topological polar surface area (TPSA) is 41.9 Å². The molecule has 0 aliphatic heterocycles. The largest absolute Gasteiger partial charge is 0.497 e. The Morgan fingerprint density at radius 2 is 2.05 bits per heavy atom. The smallest absolute Gasteiger partial charge is 0.119 e. The van der Waals surface area contributed by atoms with Crippen LogP contribution in [0, 0.1) is 0 Å². The van der Waals surface area contributed by atoms with Gasteiger partial charge in [0.2, 0.25) is 0 Å². The van der Waals surface area contributed by atoms with E-state index in [0.717, 1.165) is 25.3 Å². The van der Waals surface area contributed by atoms with Gasteiger partial charge in [0, 0.05) is 13.1 Å². The molecule has 0 bridgehead atoms. The van der Waals surface area contributed by atoms with Gasteiger partial charge in [-0.05, 0) is 44.5 Å². The lowest BCUT2D eigenvalue weighted by Crippen LogP contribution is -2.35. The molecule has 1 unspecified atom stereocenters. The molecule has 1 aromatic carbocycles. The van der Waals surface area contributed by atoms with Gasteiger partial charge in [-0.15, -0.1) is 0 Å². The van der Waals surface area contributed by atoms with Crippen LogP contribution in [0.1, 0.15) is 32.8 Å². The fraction of sp³-hybridized carbons (Fsp3) is 0.647. The van der Waals surface area contributed by atoms with E-state index in [1.807, 2.05) is 32.0 Å². The molecule has 0 saturated heterocycles. The average molecular weight is 295 g/mol. The Bertz CT molecular complexity index is 395. The van der Waals surface area contributed by atoms with Gasteiger partial charge in [0.15, 0.2) is 0 Å². The van der Waals surface area contributed by atoms with Gasteiger partial charge in [0.05, 0.1) is 25.9 Å². The molecule has 1 rings (SSSR count). The van der Waals surface area contributed by atoms with Crippen LogP contribution in [0.3, 0.4) is 0 Å². The van der Waals surface area contributed by atoms with Crippen LogP contribution in [0.2, 0.25) is 0 Å². The van der Waals surface area contributed by atoms with E-state index < -0.39 is 6.10 Å². The van der Waals surface area contributed by atoms with Crippen molar-refractivity contribution in [2.45, 2.75) is 45.9 Å². The number of rotatable bonds is 10. The summed E-state index contributed by atoms with van der Waals surface area (Å²) in [5.74, 6) is 0.868. The van der Waals surface area contributed by atoms with E-state index >= 15 is 0 Å². The predicted octanol–water partition coefficient (Wildman–Crippen LogP) is 2.69. The summed E-state index contributed by atoms with van der Waals surface area (Å²) in [7, 11) is 1.68. The van der Waals surface area contributed by atoms with E-state index in [-0.39, 0.29) is 6.10 Å². The van der Waals surface area contributed by atoms with Gasteiger partial charge in [0.1, 0.15) is 5.75 Å². The number of hydrogen-bond donors (Lipinski definition) is 1. The number of aliphatic hydroxyl groups is 1. The Morgan fingerprint density at radius 1 is 1.29 bits per heavy atom. The Morgan fingerprint density at radius 3 is 2.67 bits per heavy atom. The second-order valence-electron chi connectivity index (χ2n) is 5.62. The van der Waals surface area contributed by atoms with Crippen molar-refractivity contribution in [2.75, 3.05) is 26.8 Å². The molecule has 0 aliphatic carbocycles. The van der Waals surface area contributed by atoms with E-state index in [4.69, 9.17) is 9.47 Å². The minimum atomic E-state index is -0.454. The lowest BCUT2D eigenvalue weighted by atomic mass is 10.2. The minimum Gasteiger partial charge on any atom is -0.497 e. The normalized spacial score (nSPS) is 12.9. The molecule has 0 heterocycles. The predicted molar refractivity (Wildman–Crippen MR) is 85.7 cm³/mol. The van der Waals surface area contributed by atoms with Gasteiger partial charge in [0.25, 0.3) is 0 Å². The summed E-state index contributed by atoms with van der Waals surface area (Å²) in [4.78, 5) is 2.25. The zero-order chi connectivity index (χ0) is 15.7. The number of nitrogens with zero attached hydrogens (tertiary/aromatic N) is 1. The molecule has 0 fully saturated rings. The minimum absolute atomic E-state index is 0.151. The second-order valence-corrected chi connectivity index (χ2v) is 5.62. The van der Waals surface area contributed by atoms with Crippen molar-refractivity contribution < 1.29 is 14.6 Å². The first kappa shape index (κ1) is 18.0. The van der Waals surface area contributed by atoms with Gasteiger partial charge < -0.3 is 14.6 Å². The van der Waals surface area contributed by atoms with Crippen LogP contribution in [0.25, 0.3) is 0 Å². The zero-order valence-electron chi connectivity index (χ0n) is 13.7. The Hall–Kier alpha value is -1.10. The maximum absolute atomic E-state index is 10.1. The molecule has 1 atom stereocenters. The van der Waals surface area contributed by atoms with Gasteiger partial charge in [-0.25, -0.2) is 0 Å². The number of aliphatic hydroxyl groups excluding tert-OH is 1. The molecule has 1 aromatic rings. The quantitative estimate of drug-likeness (QED) is 0.720. The molecule has 120 valence electrons. The molecule has 4 heteroatoms. The summed E-state index contributed by atoms with van der Waals surface area (Å²) in [6.45, 7) is 8.88. The van der Waals surface area contributed by atoms with Crippen molar-refractivity contribution in [3.63, 3.8) is 0 Å². The molecule has 0 spiro atoms. The number of hydrogen-bond acceptors (Lipinski definition) is 4. The van der Waals surface area contributed by atoms with Gasteiger partial charge in [-0.2, -0.15) is 0 Å². The van der Waals surface area contributed by atoms with E-state index in [9.17, 15) is 5.11 Å². The van der Waals surface area contributed by atoms with Gasteiger partial charge in [-0.1, -0.05) is 19.1 Å².